The van der Waals surface area contributed by atoms with Crippen LogP contribution in [0.25, 0.3) is 11.5 Å². The zero-order valence-electron chi connectivity index (χ0n) is 14.3. The van der Waals surface area contributed by atoms with Crippen LogP contribution in [0, 0.1) is 6.92 Å². The van der Waals surface area contributed by atoms with Crippen molar-refractivity contribution in [2.24, 2.45) is 0 Å². The largest absolute Gasteiger partial charge is 0.462 e. The number of ether oxygens (including phenoxy) is 1. The van der Waals surface area contributed by atoms with E-state index < -0.39 is 0 Å². The maximum absolute atomic E-state index is 12.1. The van der Waals surface area contributed by atoms with Crippen LogP contribution in [0.1, 0.15) is 34.5 Å². The van der Waals surface area contributed by atoms with Crippen LogP contribution >= 0.6 is 22.7 Å². The van der Waals surface area contributed by atoms with E-state index in [1.807, 2.05) is 23.8 Å². The van der Waals surface area contributed by atoms with Crippen LogP contribution in [0.2, 0.25) is 0 Å². The smallest absolute Gasteiger partial charge is 0.348 e. The zero-order chi connectivity index (χ0) is 18.5. The molecule has 0 atom stereocenters. The third-order valence-corrected chi connectivity index (χ3v) is 5.26. The zero-order valence-corrected chi connectivity index (χ0v) is 15.9. The summed E-state index contributed by atoms with van der Waals surface area (Å²) in [5, 5.41) is 15.2. The number of esters is 1. The average molecular weight is 391 g/mol. The van der Waals surface area contributed by atoms with Crippen molar-refractivity contribution in [3.63, 3.8) is 0 Å². The number of anilines is 1. The van der Waals surface area contributed by atoms with Gasteiger partial charge in [0.2, 0.25) is 17.7 Å². The fourth-order valence-electron chi connectivity index (χ4n) is 2.22. The van der Waals surface area contributed by atoms with Crippen LogP contribution in [0.5, 0.6) is 0 Å². The lowest BCUT2D eigenvalue weighted by Crippen LogP contribution is -2.11. The normalized spacial score (nSPS) is 10.7. The minimum Gasteiger partial charge on any atom is -0.462 e. The van der Waals surface area contributed by atoms with E-state index in [0.29, 0.717) is 34.7 Å². The van der Waals surface area contributed by atoms with Gasteiger partial charge in [-0.05, 0) is 36.9 Å². The SMILES string of the molecule is CCOC(=O)c1sc(NC(=O)CCc2nnc(-c3ccsc3)o2)cc1C. The van der Waals surface area contributed by atoms with E-state index in [4.69, 9.17) is 9.15 Å². The highest BCUT2D eigenvalue weighted by Gasteiger charge is 2.16. The van der Waals surface area contributed by atoms with Gasteiger partial charge in [0.15, 0.2) is 0 Å². The molecule has 0 aliphatic rings. The summed E-state index contributed by atoms with van der Waals surface area (Å²) in [5.41, 5.74) is 1.65. The Hall–Kier alpha value is -2.52. The van der Waals surface area contributed by atoms with Crippen molar-refractivity contribution < 1.29 is 18.7 Å². The number of aromatic nitrogens is 2. The summed E-state index contributed by atoms with van der Waals surface area (Å²) in [6, 6.07) is 3.66. The summed E-state index contributed by atoms with van der Waals surface area (Å²) in [6.45, 7) is 3.88. The fourth-order valence-corrected chi connectivity index (χ4v) is 3.83. The van der Waals surface area contributed by atoms with E-state index >= 15 is 0 Å². The number of carbonyl (C=O) groups is 2. The molecule has 3 aromatic heterocycles. The van der Waals surface area contributed by atoms with E-state index in [1.165, 1.54) is 11.3 Å². The number of aryl methyl sites for hydroxylation is 2. The molecule has 9 heteroatoms. The highest BCUT2D eigenvalue weighted by molar-refractivity contribution is 7.18. The van der Waals surface area contributed by atoms with Gasteiger partial charge in [0.1, 0.15) is 4.88 Å². The van der Waals surface area contributed by atoms with E-state index in [9.17, 15) is 9.59 Å². The van der Waals surface area contributed by atoms with Crippen LogP contribution in [0.15, 0.2) is 27.3 Å². The molecule has 0 saturated heterocycles. The first kappa shape index (κ1) is 18.3. The number of hydrogen-bond donors (Lipinski definition) is 1. The molecule has 0 unspecified atom stereocenters. The molecule has 0 saturated carbocycles. The number of thiophene rings is 2. The van der Waals surface area contributed by atoms with Crippen LogP contribution in [0.4, 0.5) is 5.00 Å². The van der Waals surface area contributed by atoms with Gasteiger partial charge in [-0.15, -0.1) is 21.5 Å². The standard InChI is InChI=1S/C17H17N3O4S2/c1-3-23-17(22)15-10(2)8-14(26-15)18-12(21)4-5-13-19-20-16(24-13)11-6-7-25-9-11/h6-9H,3-5H2,1-2H3,(H,18,21). The van der Waals surface area contributed by atoms with Gasteiger partial charge in [-0.25, -0.2) is 4.79 Å². The molecule has 3 heterocycles. The van der Waals surface area contributed by atoms with Crippen LogP contribution in [-0.4, -0.2) is 28.7 Å². The molecule has 0 fully saturated rings. The molecule has 3 aromatic rings. The quantitative estimate of drug-likeness (QED) is 0.614. The minimum atomic E-state index is -0.373. The molecule has 0 bridgehead atoms. The van der Waals surface area contributed by atoms with Gasteiger partial charge in [-0.2, -0.15) is 11.3 Å². The second-order valence-corrected chi connectivity index (χ2v) is 7.24. The Morgan fingerprint density at radius 3 is 2.92 bits per heavy atom. The highest BCUT2D eigenvalue weighted by Crippen LogP contribution is 2.27. The van der Waals surface area contributed by atoms with E-state index in [2.05, 4.69) is 15.5 Å². The molecule has 1 N–H and O–H groups in total. The average Bonchev–Trinajstić information content (AvgIpc) is 3.33. The molecule has 0 aliphatic carbocycles. The maximum Gasteiger partial charge on any atom is 0.348 e. The summed E-state index contributed by atoms with van der Waals surface area (Å²) in [4.78, 5) is 24.5. The number of nitrogens with zero attached hydrogens (tertiary/aromatic N) is 2. The van der Waals surface area contributed by atoms with Crippen molar-refractivity contribution in [3.05, 3.63) is 39.2 Å². The lowest BCUT2D eigenvalue weighted by Gasteiger charge is -2.00. The van der Waals surface area contributed by atoms with Crippen molar-refractivity contribution in [1.29, 1.82) is 0 Å². The molecule has 1 amide bonds. The maximum atomic E-state index is 12.1. The second kappa shape index (κ2) is 8.24. The van der Waals surface area contributed by atoms with Crippen molar-refractivity contribution in [2.75, 3.05) is 11.9 Å². The summed E-state index contributed by atoms with van der Waals surface area (Å²) < 4.78 is 10.6. The molecular formula is C17H17N3O4S2. The Morgan fingerprint density at radius 1 is 1.35 bits per heavy atom. The first-order valence-corrected chi connectivity index (χ1v) is 9.75. The van der Waals surface area contributed by atoms with E-state index in [1.54, 1.807) is 24.3 Å². The number of amides is 1. The molecule has 0 spiro atoms. The molecule has 26 heavy (non-hydrogen) atoms. The van der Waals surface area contributed by atoms with Gasteiger partial charge >= 0.3 is 5.97 Å². The number of hydrogen-bond acceptors (Lipinski definition) is 8. The second-order valence-electron chi connectivity index (χ2n) is 5.40. The van der Waals surface area contributed by atoms with Crippen molar-refractivity contribution in [3.8, 4) is 11.5 Å². The van der Waals surface area contributed by atoms with Crippen molar-refractivity contribution in [1.82, 2.24) is 10.2 Å². The molecule has 0 aromatic carbocycles. The third-order valence-electron chi connectivity index (χ3n) is 3.44. The lowest BCUT2D eigenvalue weighted by atomic mass is 10.3. The van der Waals surface area contributed by atoms with Gasteiger partial charge < -0.3 is 14.5 Å². The fraction of sp³-hybridized carbons (Fsp3) is 0.294. The van der Waals surface area contributed by atoms with Gasteiger partial charge in [0.05, 0.1) is 11.6 Å². The van der Waals surface area contributed by atoms with E-state index in [0.717, 1.165) is 11.1 Å². The number of rotatable bonds is 7. The van der Waals surface area contributed by atoms with Gasteiger partial charge in [-0.3, -0.25) is 4.79 Å². The highest BCUT2D eigenvalue weighted by atomic mass is 32.1. The predicted molar refractivity (Wildman–Crippen MR) is 99.6 cm³/mol. The number of nitrogens with one attached hydrogen (secondary N) is 1. The van der Waals surface area contributed by atoms with Crippen LogP contribution in [-0.2, 0) is 16.0 Å². The first-order valence-electron chi connectivity index (χ1n) is 7.99. The van der Waals surface area contributed by atoms with Gasteiger partial charge in [0, 0.05) is 23.8 Å². The summed E-state index contributed by atoms with van der Waals surface area (Å²) >= 11 is 2.75. The minimum absolute atomic E-state index is 0.183. The monoisotopic (exact) mass is 391 g/mol. The topological polar surface area (TPSA) is 94.3 Å². The molecule has 0 aliphatic heterocycles. The Morgan fingerprint density at radius 2 is 2.19 bits per heavy atom. The van der Waals surface area contributed by atoms with Gasteiger partial charge in [-0.1, -0.05) is 0 Å². The molecular weight excluding hydrogens is 374 g/mol. The Balaban J connectivity index is 1.55. The summed E-state index contributed by atoms with van der Waals surface area (Å²) in [5.74, 6) is 0.310. The third kappa shape index (κ3) is 4.36. The van der Waals surface area contributed by atoms with Crippen LogP contribution in [0.3, 0.4) is 0 Å². The Labute approximate surface area is 158 Å². The first-order chi connectivity index (χ1) is 12.6. The molecule has 136 valence electrons. The Kier molecular flexibility index (Phi) is 5.79. The Bertz CT molecular complexity index is 899. The summed E-state index contributed by atoms with van der Waals surface area (Å²) in [7, 11) is 0. The predicted octanol–water partition coefficient (Wildman–Crippen LogP) is 3.92. The molecule has 7 nitrogen and oxygen atoms in total. The molecule has 3 rings (SSSR count). The van der Waals surface area contributed by atoms with Gasteiger partial charge in [0.25, 0.3) is 0 Å². The van der Waals surface area contributed by atoms with Crippen molar-refractivity contribution in [2.45, 2.75) is 26.7 Å². The van der Waals surface area contributed by atoms with Crippen molar-refractivity contribution >= 4 is 39.6 Å². The lowest BCUT2D eigenvalue weighted by molar-refractivity contribution is -0.116. The van der Waals surface area contributed by atoms with E-state index in [-0.39, 0.29) is 18.3 Å². The number of carbonyl (C=O) groups excluding carboxylic acids is 2. The van der Waals surface area contributed by atoms with Crippen LogP contribution < -0.4 is 5.32 Å². The molecule has 0 radical (unpaired) electrons. The summed E-state index contributed by atoms with van der Waals surface area (Å²) in [6.07, 6.45) is 0.551.